The van der Waals surface area contributed by atoms with Crippen LogP contribution in [0.1, 0.15) is 98.3 Å². The summed E-state index contributed by atoms with van der Waals surface area (Å²) in [6.45, 7) is 6.87. The van der Waals surface area contributed by atoms with E-state index < -0.39 is 46.0 Å². The highest BCUT2D eigenvalue weighted by Gasteiger charge is 2.31. The van der Waals surface area contributed by atoms with Gasteiger partial charge >= 0.3 is 23.9 Å². The summed E-state index contributed by atoms with van der Waals surface area (Å²) >= 11 is 0. The molecule has 4 atom stereocenters. The number of aliphatic hydroxyl groups is 1. The van der Waals surface area contributed by atoms with Gasteiger partial charge in [0.2, 0.25) is 0 Å². The van der Waals surface area contributed by atoms with Gasteiger partial charge in [0.05, 0.1) is 37.5 Å². The summed E-state index contributed by atoms with van der Waals surface area (Å²) in [7, 11) is 0. The number of nitriles is 4. The molecule has 0 fully saturated rings. The monoisotopic (exact) mass is 827 g/mol. The smallest absolute Gasteiger partial charge is 0.305 e. The molecule has 0 saturated heterocycles. The molecule has 0 aliphatic heterocycles. The van der Waals surface area contributed by atoms with Gasteiger partial charge in [0.25, 0.3) is 0 Å². The molecule has 26 nitrogen and oxygen atoms in total. The summed E-state index contributed by atoms with van der Waals surface area (Å²) < 4.78 is 9.97. The first kappa shape index (κ1) is 56.3. The Hall–Kier alpha value is -7.07. The SMILES string of the molecule is CC(C#N)(CCC(=O)O)N=NC(C)(C#N)CCC(=O)O.CC(C#N)(CCC(=O)OCCCN=[N+]=[N-])N=NC(C)(C#N)CCC(=O)OCCCN=[N+]=[N-].[N-]=[N+]=NCCCO. The molecule has 0 heterocycles. The van der Waals surface area contributed by atoms with Crippen LogP contribution in [-0.2, 0) is 28.7 Å². The standard InChI is InChI=1S/C18H26N10O4.C12H16N4O4.C3H7N3O/c1-17(13-19,7-5-15(29)31-11-3-9-23-27-21)25-26-18(2,14-20)8-6-16(30)32-12-4-10-24-28-22;1-11(7-13,5-3-9(17)18)15-16-12(2,8-14)6-4-10(19)20;4-6-5-2-1-3-7/h3-12H2,1-2H3;3-6H2,1-2H3,(H,17,18)(H,19,20);7H,1-3H2. The number of azo groups is 2. The summed E-state index contributed by atoms with van der Waals surface area (Å²) in [5.41, 5.74) is 18.6. The minimum Gasteiger partial charge on any atom is -0.481 e. The molecule has 0 aromatic heterocycles. The molecule has 0 rings (SSSR count). The number of ether oxygens (including phenoxy) is 2. The Balaban J connectivity index is -0.000000980. The Morgan fingerprint density at radius 3 is 1.05 bits per heavy atom. The zero-order valence-electron chi connectivity index (χ0n) is 33.4. The second-order valence-corrected chi connectivity index (χ2v) is 12.8. The van der Waals surface area contributed by atoms with Crippen molar-refractivity contribution < 1.29 is 44.0 Å². The van der Waals surface area contributed by atoms with Gasteiger partial charge < -0.3 is 24.8 Å². The second kappa shape index (κ2) is 33.1. The van der Waals surface area contributed by atoms with Gasteiger partial charge in [-0.05, 0) is 89.2 Å². The van der Waals surface area contributed by atoms with E-state index in [0.717, 1.165) is 0 Å². The van der Waals surface area contributed by atoms with Crippen molar-refractivity contribution in [1.82, 2.24) is 0 Å². The van der Waals surface area contributed by atoms with E-state index in [4.69, 9.17) is 51.9 Å². The van der Waals surface area contributed by atoms with Crippen LogP contribution in [0.5, 0.6) is 0 Å². The van der Waals surface area contributed by atoms with E-state index in [2.05, 4.69) is 50.5 Å². The maximum absolute atomic E-state index is 11.8. The zero-order valence-corrected chi connectivity index (χ0v) is 33.4. The largest absolute Gasteiger partial charge is 0.481 e. The van der Waals surface area contributed by atoms with Gasteiger partial charge in [0.1, 0.15) is 0 Å². The number of aliphatic carboxylic acids is 2. The Morgan fingerprint density at radius 2 is 0.814 bits per heavy atom. The first-order valence-corrected chi connectivity index (χ1v) is 17.7. The highest BCUT2D eigenvalue weighted by molar-refractivity contribution is 5.70. The lowest BCUT2D eigenvalue weighted by molar-refractivity contribution is -0.145. The number of carboxylic acid groups (broad SMARTS) is 2. The molecule has 0 aromatic carbocycles. The molecule has 0 saturated carbocycles. The number of hydrogen-bond donors (Lipinski definition) is 3. The van der Waals surface area contributed by atoms with E-state index >= 15 is 0 Å². The Labute approximate surface area is 340 Å². The Morgan fingerprint density at radius 1 is 0.542 bits per heavy atom. The number of rotatable bonds is 27. The van der Waals surface area contributed by atoms with Crippen LogP contribution in [0.15, 0.2) is 35.8 Å². The van der Waals surface area contributed by atoms with Crippen LogP contribution in [-0.4, -0.2) is 101 Å². The molecule has 59 heavy (non-hydrogen) atoms. The number of azide groups is 3. The predicted molar refractivity (Wildman–Crippen MR) is 203 cm³/mol. The van der Waals surface area contributed by atoms with Gasteiger partial charge in [-0.25, -0.2) is 0 Å². The van der Waals surface area contributed by atoms with Crippen LogP contribution in [0.4, 0.5) is 0 Å². The third kappa shape index (κ3) is 32.8. The maximum atomic E-state index is 11.8. The number of carbonyl (C=O) groups is 4. The lowest BCUT2D eigenvalue weighted by Gasteiger charge is -2.19. The number of carbonyl (C=O) groups excluding carboxylic acids is 2. The minimum atomic E-state index is -1.36. The van der Waals surface area contributed by atoms with Crippen molar-refractivity contribution in [2.75, 3.05) is 39.5 Å². The summed E-state index contributed by atoms with van der Waals surface area (Å²) in [6, 6.07) is 7.62. The van der Waals surface area contributed by atoms with Crippen molar-refractivity contribution in [3.8, 4) is 24.3 Å². The fourth-order valence-electron chi connectivity index (χ4n) is 3.41. The zero-order chi connectivity index (χ0) is 45.6. The highest BCUT2D eigenvalue weighted by Crippen LogP contribution is 2.25. The number of carboxylic acids is 2. The quantitative estimate of drug-likeness (QED) is 0.0263. The van der Waals surface area contributed by atoms with Crippen LogP contribution in [0, 0.1) is 45.3 Å². The third-order valence-corrected chi connectivity index (χ3v) is 7.17. The van der Waals surface area contributed by atoms with Gasteiger partial charge in [0.15, 0.2) is 22.2 Å². The molecule has 4 unspecified atom stereocenters. The minimum absolute atomic E-state index is 0.0247. The lowest BCUT2D eigenvalue weighted by atomic mass is 9.97. The van der Waals surface area contributed by atoms with Gasteiger partial charge in [0, 0.05) is 66.7 Å². The van der Waals surface area contributed by atoms with Crippen molar-refractivity contribution in [3.05, 3.63) is 31.3 Å². The molecule has 0 aliphatic rings. The van der Waals surface area contributed by atoms with Gasteiger partial charge in [-0.3, -0.25) is 19.2 Å². The second-order valence-electron chi connectivity index (χ2n) is 12.8. The number of aliphatic hydroxyl groups excluding tert-OH is 1. The van der Waals surface area contributed by atoms with E-state index in [9.17, 15) is 29.7 Å². The van der Waals surface area contributed by atoms with E-state index in [1.807, 2.05) is 24.3 Å². The first-order valence-electron chi connectivity index (χ1n) is 17.7. The maximum Gasteiger partial charge on any atom is 0.305 e. The average molecular weight is 828 g/mol. The van der Waals surface area contributed by atoms with Gasteiger partial charge in [-0.2, -0.15) is 41.5 Å². The molecular weight excluding hydrogens is 778 g/mol. The molecule has 0 aliphatic carbocycles. The van der Waals surface area contributed by atoms with Crippen molar-refractivity contribution in [2.24, 2.45) is 35.8 Å². The van der Waals surface area contributed by atoms with Gasteiger partial charge in [-0.15, -0.1) is 0 Å². The van der Waals surface area contributed by atoms with Crippen molar-refractivity contribution in [3.63, 3.8) is 0 Å². The number of nitrogens with zero attached hydrogens (tertiary/aromatic N) is 17. The predicted octanol–water partition coefficient (Wildman–Crippen LogP) is 6.46. The van der Waals surface area contributed by atoms with Crippen LogP contribution in [0.25, 0.3) is 31.3 Å². The molecule has 3 N–H and O–H groups in total. The molecular formula is C33H49N17O9. The topological polar surface area (TPSA) is 438 Å². The normalized spacial score (nSPS) is 14.1. The van der Waals surface area contributed by atoms with Crippen LogP contribution < -0.4 is 0 Å². The molecule has 0 aromatic rings. The Bertz CT molecular complexity index is 1620. The fourth-order valence-corrected chi connectivity index (χ4v) is 3.41. The molecule has 0 bridgehead atoms. The highest BCUT2D eigenvalue weighted by atomic mass is 16.5. The van der Waals surface area contributed by atoms with E-state index in [1.54, 1.807) is 0 Å². The molecule has 0 spiro atoms. The van der Waals surface area contributed by atoms with E-state index in [1.165, 1.54) is 27.7 Å². The van der Waals surface area contributed by atoms with Crippen LogP contribution in [0.2, 0.25) is 0 Å². The van der Waals surface area contributed by atoms with E-state index in [-0.39, 0.29) is 84.3 Å². The summed E-state index contributed by atoms with van der Waals surface area (Å²) in [6.07, 6.45) is 0.641. The number of hydrogen-bond acceptors (Lipinski definition) is 18. The molecule has 320 valence electrons. The van der Waals surface area contributed by atoms with E-state index in [0.29, 0.717) is 25.8 Å². The average Bonchev–Trinajstić information content (AvgIpc) is 3.22. The molecule has 26 heteroatoms. The van der Waals surface area contributed by atoms with Crippen LogP contribution >= 0.6 is 0 Å². The first-order chi connectivity index (χ1) is 27.8. The summed E-state index contributed by atoms with van der Waals surface area (Å²) in [5.74, 6) is -3.19. The third-order valence-electron chi connectivity index (χ3n) is 7.17. The Kier molecular flexibility index (Phi) is 31.6. The number of esters is 2. The van der Waals surface area contributed by atoms with Crippen molar-refractivity contribution in [2.45, 2.75) is 120 Å². The van der Waals surface area contributed by atoms with Crippen LogP contribution in [0.3, 0.4) is 0 Å². The van der Waals surface area contributed by atoms with Crippen molar-refractivity contribution in [1.29, 1.82) is 21.0 Å². The summed E-state index contributed by atoms with van der Waals surface area (Å²) in [5, 5.41) is 87.4. The van der Waals surface area contributed by atoms with Gasteiger partial charge in [-0.1, -0.05) is 15.3 Å². The fraction of sp³-hybridized carbons (Fsp3) is 0.758. The molecule has 0 radical (unpaired) electrons. The molecule has 0 amide bonds. The lowest BCUT2D eigenvalue weighted by Crippen LogP contribution is -2.25. The van der Waals surface area contributed by atoms with Crippen molar-refractivity contribution >= 4 is 23.9 Å². The summed E-state index contributed by atoms with van der Waals surface area (Å²) in [4.78, 5) is 52.2.